The zero-order valence-electron chi connectivity index (χ0n) is 13.6. The lowest BCUT2D eigenvalue weighted by Gasteiger charge is -2.08. The van der Waals surface area contributed by atoms with Gasteiger partial charge in [-0.05, 0) is 29.0 Å². The predicted molar refractivity (Wildman–Crippen MR) is 81.1 cm³/mol. The van der Waals surface area contributed by atoms with Gasteiger partial charge in [0.2, 0.25) is 0 Å². The van der Waals surface area contributed by atoms with E-state index in [9.17, 15) is 4.79 Å². The summed E-state index contributed by atoms with van der Waals surface area (Å²) < 4.78 is 17.7. The Balaban J connectivity index is 1.89. The van der Waals surface area contributed by atoms with Crippen LogP contribution in [0.3, 0.4) is 0 Å². The smallest absolute Gasteiger partial charge is 0.368 e. The summed E-state index contributed by atoms with van der Waals surface area (Å²) in [5.41, 5.74) is 2.05. The van der Waals surface area contributed by atoms with Crippen LogP contribution in [0, 0.1) is 6.92 Å². The molecule has 3 aromatic rings. The van der Waals surface area contributed by atoms with E-state index in [0.717, 1.165) is 11.1 Å². The van der Waals surface area contributed by atoms with Crippen molar-refractivity contribution in [3.63, 3.8) is 0 Å². The van der Waals surface area contributed by atoms with Crippen LogP contribution in [0.25, 0.3) is 5.69 Å². The van der Waals surface area contributed by atoms with Crippen molar-refractivity contribution in [1.82, 2.24) is 24.4 Å². The van der Waals surface area contributed by atoms with E-state index in [0.29, 0.717) is 17.5 Å². The van der Waals surface area contributed by atoms with Crippen molar-refractivity contribution >= 4 is 0 Å². The molecule has 0 amide bonds. The highest BCUT2D eigenvalue weighted by Gasteiger charge is 2.14. The van der Waals surface area contributed by atoms with E-state index in [4.69, 9.17) is 6.11 Å². The lowest BCUT2D eigenvalue weighted by molar-refractivity contribution is 0.303. The summed E-state index contributed by atoms with van der Waals surface area (Å²) in [7, 11) is 3.42. The first-order valence-electron chi connectivity index (χ1n) is 7.30. The van der Waals surface area contributed by atoms with Gasteiger partial charge >= 0.3 is 5.69 Å². The Labute approximate surface area is 128 Å². The fourth-order valence-electron chi connectivity index (χ4n) is 2.21. The Kier molecular flexibility index (Phi) is 3.23. The Morgan fingerprint density at radius 3 is 2.77 bits per heavy atom. The maximum Gasteiger partial charge on any atom is 0.368 e. The molecule has 3 rings (SSSR count). The highest BCUT2D eigenvalue weighted by atomic mass is 16.5. The number of hydrogen-bond acceptors (Lipinski definition) is 4. The minimum absolute atomic E-state index is 0.289. The molecule has 0 aliphatic rings. The van der Waals surface area contributed by atoms with Crippen molar-refractivity contribution in [2.75, 3.05) is 0 Å². The van der Waals surface area contributed by atoms with Gasteiger partial charge in [0.25, 0.3) is 0 Å². The summed E-state index contributed by atoms with van der Waals surface area (Å²) in [6.45, 7) is 2.18. The van der Waals surface area contributed by atoms with Gasteiger partial charge in [-0.25, -0.2) is 4.79 Å². The number of aryl methyl sites for hydroxylation is 3. The molecule has 0 fully saturated rings. The molecule has 1 aromatic carbocycles. The van der Waals surface area contributed by atoms with Crippen LogP contribution in [-0.4, -0.2) is 24.4 Å². The number of tetrazole rings is 1. The Morgan fingerprint density at radius 1 is 1.27 bits per heavy atom. The molecule has 0 bridgehead atoms. The molecule has 0 radical (unpaired) electrons. The standard InChI is InChI=1S/C15H17N5O2/c1-11-6-4-5-7-14(11)22-10-12-8-18(2)9-13(12)20-15(21)19(3)16-17-20/h4-9H,10H2,1-3H3/i4T. The van der Waals surface area contributed by atoms with Gasteiger partial charge in [0.05, 0.1) is 7.06 Å². The van der Waals surface area contributed by atoms with Gasteiger partial charge in [-0.2, -0.15) is 9.36 Å². The zero-order chi connectivity index (χ0) is 16.6. The Hall–Kier alpha value is -2.83. The average molecular weight is 301 g/mol. The molecule has 7 nitrogen and oxygen atoms in total. The second-order valence-electron chi connectivity index (χ2n) is 5.11. The van der Waals surface area contributed by atoms with Crippen LogP contribution in [0.4, 0.5) is 0 Å². The number of benzene rings is 1. The number of hydrogen-bond donors (Lipinski definition) is 0. The Bertz CT molecular complexity index is 909. The second kappa shape index (κ2) is 5.51. The van der Waals surface area contributed by atoms with Gasteiger partial charge in [0.1, 0.15) is 12.4 Å². The van der Waals surface area contributed by atoms with E-state index >= 15 is 0 Å². The van der Waals surface area contributed by atoms with Gasteiger partial charge in [-0.3, -0.25) is 0 Å². The Morgan fingerprint density at radius 2 is 2.09 bits per heavy atom. The third-order valence-electron chi connectivity index (χ3n) is 3.37. The normalized spacial score (nSPS) is 11.5. The van der Waals surface area contributed by atoms with Crippen LogP contribution in [0.2, 0.25) is 0 Å². The molecule has 7 heteroatoms. The van der Waals surface area contributed by atoms with Crippen LogP contribution in [0.15, 0.2) is 41.4 Å². The number of para-hydroxylation sites is 1. The first kappa shape index (κ1) is 12.9. The predicted octanol–water partition coefficient (Wildman–Crippen LogP) is 1.19. The first-order chi connectivity index (χ1) is 11.0. The zero-order valence-corrected chi connectivity index (χ0v) is 12.6. The molecule has 0 saturated heterocycles. The molecule has 2 aromatic heterocycles. The molecule has 0 spiro atoms. The monoisotopic (exact) mass is 301 g/mol. The van der Waals surface area contributed by atoms with E-state index in [1.807, 2.05) is 24.7 Å². The van der Waals surface area contributed by atoms with Crippen molar-refractivity contribution in [2.24, 2.45) is 14.1 Å². The largest absolute Gasteiger partial charge is 0.488 e. The molecule has 0 saturated carbocycles. The van der Waals surface area contributed by atoms with Crippen molar-refractivity contribution < 1.29 is 6.11 Å². The lowest BCUT2D eigenvalue weighted by Crippen LogP contribution is -2.22. The topological polar surface area (TPSA) is 66.9 Å². The van der Waals surface area contributed by atoms with Crippen LogP contribution >= 0.6 is 0 Å². The summed E-state index contributed by atoms with van der Waals surface area (Å²) in [6.07, 6.45) is 3.68. The van der Waals surface area contributed by atoms with E-state index in [1.165, 1.54) is 9.36 Å². The van der Waals surface area contributed by atoms with Crippen LogP contribution in [-0.2, 0) is 20.7 Å². The molecule has 0 aliphatic heterocycles. The minimum Gasteiger partial charge on any atom is -0.488 e. The van der Waals surface area contributed by atoms with Gasteiger partial charge < -0.3 is 9.30 Å². The molecule has 0 N–H and O–H groups in total. The third kappa shape index (κ3) is 2.52. The average Bonchev–Trinajstić information content (AvgIpc) is 3.02. The quantitative estimate of drug-likeness (QED) is 0.726. The summed E-state index contributed by atoms with van der Waals surface area (Å²) in [5, 5.41) is 7.60. The summed E-state index contributed by atoms with van der Waals surface area (Å²) >= 11 is 0. The molecule has 0 aliphatic carbocycles. The van der Waals surface area contributed by atoms with Crippen molar-refractivity contribution in [3.8, 4) is 11.4 Å². The second-order valence-corrected chi connectivity index (χ2v) is 5.11. The number of rotatable bonds is 4. The molecule has 0 unspecified atom stereocenters. The number of nitrogens with zero attached hydrogens (tertiary/aromatic N) is 5. The van der Waals surface area contributed by atoms with Gasteiger partial charge in [-0.1, -0.05) is 18.2 Å². The van der Waals surface area contributed by atoms with Crippen LogP contribution < -0.4 is 10.4 Å². The highest BCUT2D eigenvalue weighted by molar-refractivity contribution is 5.39. The molecular weight excluding hydrogens is 282 g/mol. The summed E-state index contributed by atoms with van der Waals surface area (Å²) in [4.78, 5) is 12.0. The van der Waals surface area contributed by atoms with Gasteiger partial charge in [0, 0.05) is 32.1 Å². The summed E-state index contributed by atoms with van der Waals surface area (Å²) in [6, 6.07) is 5.64. The molecule has 22 heavy (non-hydrogen) atoms. The van der Waals surface area contributed by atoms with E-state index < -0.39 is 0 Å². The maximum absolute atomic E-state index is 12.0. The first-order valence-corrected chi connectivity index (χ1v) is 6.80. The van der Waals surface area contributed by atoms with Gasteiger partial charge in [0.15, 0.2) is 0 Å². The number of aromatic nitrogens is 5. The van der Waals surface area contributed by atoms with Crippen molar-refractivity contribution in [2.45, 2.75) is 13.5 Å². The third-order valence-corrected chi connectivity index (χ3v) is 3.37. The van der Waals surface area contributed by atoms with Crippen molar-refractivity contribution in [1.29, 1.82) is 0 Å². The minimum atomic E-state index is -0.313. The van der Waals surface area contributed by atoms with E-state index in [-0.39, 0.29) is 12.3 Å². The van der Waals surface area contributed by atoms with Crippen molar-refractivity contribution in [3.05, 3.63) is 58.2 Å². The molecule has 114 valence electrons. The number of ether oxygens (including phenoxy) is 1. The maximum atomic E-state index is 12.0. The van der Waals surface area contributed by atoms with E-state index in [2.05, 4.69) is 10.4 Å². The highest BCUT2D eigenvalue weighted by Crippen LogP contribution is 2.20. The molecule has 2 heterocycles. The molecule has 0 atom stereocenters. The fourth-order valence-corrected chi connectivity index (χ4v) is 2.21. The summed E-state index contributed by atoms with van der Waals surface area (Å²) in [5.74, 6) is 0.710. The fraction of sp³-hybridized carbons (Fsp3) is 0.267. The van der Waals surface area contributed by atoms with E-state index in [1.54, 1.807) is 31.4 Å². The van der Waals surface area contributed by atoms with Crippen LogP contribution in [0.1, 0.15) is 12.5 Å². The van der Waals surface area contributed by atoms with Crippen LogP contribution in [0.5, 0.6) is 5.75 Å². The van der Waals surface area contributed by atoms with Gasteiger partial charge in [-0.15, -0.1) is 0 Å². The lowest BCUT2D eigenvalue weighted by atomic mass is 10.2. The molecular formula is C15H17N5O2. The SMILES string of the molecule is [3H]c1ccc(OCc2cn(C)cc2-n2nnn(C)c2=O)c(C)c1.